The molecule has 0 unspecified atom stereocenters. The summed E-state index contributed by atoms with van der Waals surface area (Å²) >= 11 is 1.15. The van der Waals surface area contributed by atoms with Crippen LogP contribution in [0, 0.1) is 10.1 Å². The van der Waals surface area contributed by atoms with Gasteiger partial charge in [-0.25, -0.2) is 0 Å². The second kappa shape index (κ2) is 4.48. The normalized spacial score (nSPS) is 19.6. The third-order valence-electron chi connectivity index (χ3n) is 2.86. The molecule has 1 aromatic rings. The molecule has 0 atom stereocenters. The fraction of sp³-hybridized carbons (Fsp3) is 0.600. The summed E-state index contributed by atoms with van der Waals surface area (Å²) in [7, 11) is 0. The molecule has 1 aliphatic rings. The lowest BCUT2D eigenvalue weighted by Gasteiger charge is -2.32. The van der Waals surface area contributed by atoms with Crippen LogP contribution in [0.5, 0.6) is 0 Å². The summed E-state index contributed by atoms with van der Waals surface area (Å²) in [4.78, 5) is 11.0. The van der Waals surface area contributed by atoms with Crippen LogP contribution in [0.2, 0.25) is 0 Å². The van der Waals surface area contributed by atoms with Gasteiger partial charge >= 0.3 is 5.00 Å². The standard InChI is InChI=1S/C10H14N2O3S/c13-10(3-5-11-6-4-10)7-8-1-2-9(16-8)12(14)15/h1-2,11,13H,3-7H2. The van der Waals surface area contributed by atoms with Crippen molar-refractivity contribution in [2.75, 3.05) is 13.1 Å². The largest absolute Gasteiger partial charge is 0.389 e. The van der Waals surface area contributed by atoms with E-state index in [1.165, 1.54) is 6.07 Å². The van der Waals surface area contributed by atoms with Gasteiger partial charge in [-0.2, -0.15) is 0 Å². The van der Waals surface area contributed by atoms with Gasteiger partial charge in [0.2, 0.25) is 0 Å². The Morgan fingerprint density at radius 2 is 2.19 bits per heavy atom. The van der Waals surface area contributed by atoms with Crippen molar-refractivity contribution in [3.05, 3.63) is 27.1 Å². The lowest BCUT2D eigenvalue weighted by Crippen LogP contribution is -2.43. The van der Waals surface area contributed by atoms with Gasteiger partial charge in [0.05, 0.1) is 10.5 Å². The Morgan fingerprint density at radius 1 is 1.50 bits per heavy atom. The van der Waals surface area contributed by atoms with Gasteiger partial charge in [-0.15, -0.1) is 0 Å². The Balaban J connectivity index is 2.04. The highest BCUT2D eigenvalue weighted by molar-refractivity contribution is 7.15. The van der Waals surface area contributed by atoms with E-state index in [0.29, 0.717) is 19.3 Å². The van der Waals surface area contributed by atoms with E-state index in [4.69, 9.17) is 0 Å². The monoisotopic (exact) mass is 242 g/mol. The maximum absolute atomic E-state index is 10.5. The fourth-order valence-corrected chi connectivity index (χ4v) is 2.91. The van der Waals surface area contributed by atoms with Crippen LogP contribution in [-0.2, 0) is 6.42 Å². The number of nitro groups is 1. The maximum Gasteiger partial charge on any atom is 0.324 e. The molecular formula is C10H14N2O3S. The highest BCUT2D eigenvalue weighted by Gasteiger charge is 2.30. The molecule has 0 radical (unpaired) electrons. The van der Waals surface area contributed by atoms with Gasteiger partial charge in [0, 0.05) is 17.4 Å². The number of rotatable bonds is 3. The molecule has 0 amide bonds. The number of hydrogen-bond acceptors (Lipinski definition) is 5. The molecule has 6 heteroatoms. The summed E-state index contributed by atoms with van der Waals surface area (Å²) in [6.07, 6.45) is 1.94. The van der Waals surface area contributed by atoms with Gasteiger partial charge in [0.15, 0.2) is 0 Å². The molecule has 1 saturated heterocycles. The Morgan fingerprint density at radius 3 is 2.75 bits per heavy atom. The van der Waals surface area contributed by atoms with Crippen LogP contribution in [0.1, 0.15) is 17.7 Å². The number of thiophene rings is 1. The van der Waals surface area contributed by atoms with E-state index in [1.54, 1.807) is 6.07 Å². The zero-order valence-electron chi connectivity index (χ0n) is 8.81. The quantitative estimate of drug-likeness (QED) is 0.619. The van der Waals surface area contributed by atoms with Gasteiger partial charge in [0.1, 0.15) is 0 Å². The lowest BCUT2D eigenvalue weighted by atomic mass is 9.88. The topological polar surface area (TPSA) is 75.4 Å². The lowest BCUT2D eigenvalue weighted by molar-refractivity contribution is -0.380. The zero-order valence-corrected chi connectivity index (χ0v) is 9.63. The fourth-order valence-electron chi connectivity index (χ4n) is 1.95. The predicted octanol–water partition coefficient (Wildman–Crippen LogP) is 1.31. The average molecular weight is 242 g/mol. The van der Waals surface area contributed by atoms with Gasteiger partial charge in [0.25, 0.3) is 0 Å². The van der Waals surface area contributed by atoms with Gasteiger partial charge in [-0.1, -0.05) is 11.3 Å². The van der Waals surface area contributed by atoms with Crippen molar-refractivity contribution in [2.45, 2.75) is 24.9 Å². The molecule has 1 fully saturated rings. The maximum atomic E-state index is 10.5. The molecule has 0 saturated carbocycles. The van der Waals surface area contributed by atoms with Crippen molar-refractivity contribution >= 4 is 16.3 Å². The Labute approximate surface area is 97.3 Å². The van der Waals surface area contributed by atoms with Crippen molar-refractivity contribution in [3.63, 3.8) is 0 Å². The number of piperidine rings is 1. The molecular weight excluding hydrogens is 228 g/mol. The van der Waals surface area contributed by atoms with Crippen LogP contribution in [0.3, 0.4) is 0 Å². The number of aliphatic hydroxyl groups is 1. The van der Waals surface area contributed by atoms with Gasteiger partial charge in [-0.3, -0.25) is 10.1 Å². The molecule has 2 N–H and O–H groups in total. The van der Waals surface area contributed by atoms with Crippen LogP contribution in [-0.4, -0.2) is 28.7 Å². The molecule has 2 heterocycles. The molecule has 0 spiro atoms. The molecule has 0 bridgehead atoms. The molecule has 0 aliphatic carbocycles. The van der Waals surface area contributed by atoms with Gasteiger partial charge in [-0.05, 0) is 32.0 Å². The summed E-state index contributed by atoms with van der Waals surface area (Å²) in [6.45, 7) is 1.62. The van der Waals surface area contributed by atoms with Crippen molar-refractivity contribution in [1.82, 2.24) is 5.32 Å². The third-order valence-corrected chi connectivity index (χ3v) is 3.90. The minimum Gasteiger partial charge on any atom is -0.389 e. The first-order valence-electron chi connectivity index (χ1n) is 5.25. The minimum atomic E-state index is -0.691. The summed E-state index contributed by atoms with van der Waals surface area (Å²) < 4.78 is 0. The molecule has 1 aromatic heterocycles. The van der Waals surface area contributed by atoms with Crippen LogP contribution < -0.4 is 5.32 Å². The summed E-state index contributed by atoms with van der Waals surface area (Å²) in [5.41, 5.74) is -0.691. The predicted molar refractivity (Wildman–Crippen MR) is 61.7 cm³/mol. The van der Waals surface area contributed by atoms with E-state index < -0.39 is 5.60 Å². The minimum absolute atomic E-state index is 0.146. The van der Waals surface area contributed by atoms with Crippen molar-refractivity contribution in [3.8, 4) is 0 Å². The van der Waals surface area contributed by atoms with Crippen LogP contribution in [0.25, 0.3) is 0 Å². The molecule has 88 valence electrons. The summed E-state index contributed by atoms with van der Waals surface area (Å²) in [6, 6.07) is 3.24. The number of nitrogens with zero attached hydrogens (tertiary/aromatic N) is 1. The molecule has 2 rings (SSSR count). The number of nitrogens with one attached hydrogen (secondary N) is 1. The van der Waals surface area contributed by atoms with E-state index in [0.717, 1.165) is 29.3 Å². The summed E-state index contributed by atoms with van der Waals surface area (Å²) in [5.74, 6) is 0. The first-order chi connectivity index (χ1) is 7.59. The van der Waals surface area contributed by atoms with Gasteiger partial charge < -0.3 is 10.4 Å². The van der Waals surface area contributed by atoms with Crippen molar-refractivity contribution in [1.29, 1.82) is 0 Å². The smallest absolute Gasteiger partial charge is 0.324 e. The second-order valence-corrected chi connectivity index (χ2v) is 5.29. The first-order valence-corrected chi connectivity index (χ1v) is 6.07. The molecule has 0 aromatic carbocycles. The van der Waals surface area contributed by atoms with Crippen LogP contribution >= 0.6 is 11.3 Å². The molecule has 16 heavy (non-hydrogen) atoms. The third kappa shape index (κ3) is 2.58. The van der Waals surface area contributed by atoms with E-state index in [2.05, 4.69) is 5.32 Å². The Bertz CT molecular complexity index is 385. The average Bonchev–Trinajstić information content (AvgIpc) is 2.66. The van der Waals surface area contributed by atoms with Crippen molar-refractivity contribution < 1.29 is 10.0 Å². The van der Waals surface area contributed by atoms with Crippen molar-refractivity contribution in [2.24, 2.45) is 0 Å². The highest BCUT2D eigenvalue weighted by Crippen LogP contribution is 2.30. The van der Waals surface area contributed by atoms with Crippen LogP contribution in [0.4, 0.5) is 5.00 Å². The Kier molecular flexibility index (Phi) is 3.22. The second-order valence-electron chi connectivity index (χ2n) is 4.15. The van der Waals surface area contributed by atoms with E-state index in [1.807, 2.05) is 0 Å². The SMILES string of the molecule is O=[N+]([O-])c1ccc(CC2(O)CCNCC2)s1. The van der Waals surface area contributed by atoms with E-state index in [9.17, 15) is 15.2 Å². The zero-order chi connectivity index (χ0) is 11.6. The summed E-state index contributed by atoms with van der Waals surface area (Å²) in [5, 5.41) is 24.1. The molecule has 1 aliphatic heterocycles. The van der Waals surface area contributed by atoms with E-state index >= 15 is 0 Å². The van der Waals surface area contributed by atoms with Crippen LogP contribution in [0.15, 0.2) is 12.1 Å². The highest BCUT2D eigenvalue weighted by atomic mass is 32.1. The Hall–Kier alpha value is -0.980. The molecule has 5 nitrogen and oxygen atoms in total. The first kappa shape index (κ1) is 11.5. The number of hydrogen-bond donors (Lipinski definition) is 2. The van der Waals surface area contributed by atoms with E-state index in [-0.39, 0.29) is 9.92 Å².